The highest BCUT2D eigenvalue weighted by Crippen LogP contribution is 2.26. The molecule has 0 aliphatic carbocycles. The highest BCUT2D eigenvalue weighted by molar-refractivity contribution is 7.91. The number of carbonyl (C=O) groups excluding carboxylic acids is 2. The van der Waals surface area contributed by atoms with Gasteiger partial charge in [0.1, 0.15) is 15.4 Å². The largest absolute Gasteiger partial charge is 0.503 e. The van der Waals surface area contributed by atoms with E-state index in [1.807, 2.05) is 0 Å². The minimum atomic E-state index is -3.02. The summed E-state index contributed by atoms with van der Waals surface area (Å²) in [5, 5.41) is 9.73. The number of hydrogen-bond acceptors (Lipinski definition) is 6. The van der Waals surface area contributed by atoms with Gasteiger partial charge in [-0.25, -0.2) is 13.2 Å². The molecule has 2 aliphatic rings. The van der Waals surface area contributed by atoms with E-state index in [1.54, 1.807) is 6.92 Å². The number of rotatable bonds is 3. The molecule has 0 aromatic rings. The van der Waals surface area contributed by atoms with Crippen molar-refractivity contribution in [2.75, 3.05) is 24.7 Å². The molecule has 2 heterocycles. The Balaban J connectivity index is 2.07. The van der Waals surface area contributed by atoms with E-state index in [9.17, 15) is 23.1 Å². The van der Waals surface area contributed by atoms with Crippen LogP contribution in [0.4, 0.5) is 0 Å². The van der Waals surface area contributed by atoms with E-state index in [4.69, 9.17) is 4.74 Å². The normalized spacial score (nSPS) is 23.2. The van der Waals surface area contributed by atoms with E-state index in [0.29, 0.717) is 12.8 Å². The molecule has 0 bridgehead atoms. The average Bonchev–Trinajstić information content (AvgIpc) is 2.67. The van der Waals surface area contributed by atoms with Crippen LogP contribution in [0.3, 0.4) is 0 Å². The summed E-state index contributed by atoms with van der Waals surface area (Å²) in [4.78, 5) is 24.9. The summed E-state index contributed by atoms with van der Waals surface area (Å²) in [5.41, 5.74) is -0.0507. The molecule has 1 saturated heterocycles. The first-order valence-corrected chi connectivity index (χ1v) is 8.28. The molecule has 0 saturated carbocycles. The maximum absolute atomic E-state index is 11.9. The third-order valence-electron chi connectivity index (χ3n) is 3.56. The number of sulfone groups is 1. The second-order valence-electron chi connectivity index (χ2n) is 4.86. The molecule has 0 unspecified atom stereocenters. The molecule has 0 aromatic heterocycles. The summed E-state index contributed by atoms with van der Waals surface area (Å²) in [6.07, 6.45) is 0.662. The fourth-order valence-electron chi connectivity index (χ4n) is 2.45. The van der Waals surface area contributed by atoms with Crippen molar-refractivity contribution in [2.45, 2.75) is 25.8 Å². The molecule has 0 radical (unpaired) electrons. The van der Waals surface area contributed by atoms with Crippen LogP contribution in [-0.2, 0) is 24.2 Å². The van der Waals surface area contributed by atoms with Gasteiger partial charge >= 0.3 is 5.97 Å². The van der Waals surface area contributed by atoms with Gasteiger partial charge in [-0.15, -0.1) is 0 Å². The number of nitrogens with zero attached hydrogens (tertiary/aromatic N) is 1. The fraction of sp³-hybridized carbons (Fsp3) is 0.667. The highest BCUT2D eigenvalue weighted by Gasteiger charge is 2.40. The Morgan fingerprint density at radius 2 is 2.00 bits per heavy atom. The first-order valence-electron chi connectivity index (χ1n) is 6.46. The summed E-state index contributed by atoms with van der Waals surface area (Å²) in [6, 6.07) is -0.264. The predicted octanol–water partition coefficient (Wildman–Crippen LogP) is -0.219. The number of carbonyl (C=O) groups is 2. The standard InChI is InChI=1S/C12H17NO6S/c1-2-19-12(16)9-7-13(11(15)10(9)14)8-3-5-20(17,18)6-4-8/h8,14H,2-7H2,1H3. The first kappa shape index (κ1) is 14.8. The summed E-state index contributed by atoms with van der Waals surface area (Å²) in [5.74, 6) is -1.87. The monoisotopic (exact) mass is 303 g/mol. The number of amides is 1. The lowest BCUT2D eigenvalue weighted by Crippen LogP contribution is -2.43. The molecule has 1 amide bonds. The molecular formula is C12H17NO6S. The number of aliphatic hydroxyl groups excluding tert-OH is 1. The van der Waals surface area contributed by atoms with Gasteiger partial charge in [0.25, 0.3) is 5.91 Å². The fourth-order valence-corrected chi connectivity index (χ4v) is 3.91. The molecule has 20 heavy (non-hydrogen) atoms. The zero-order chi connectivity index (χ0) is 14.9. The molecule has 2 aliphatic heterocycles. The minimum Gasteiger partial charge on any atom is -0.503 e. The Kier molecular flexibility index (Phi) is 4.03. The van der Waals surface area contributed by atoms with Crippen LogP contribution in [0.2, 0.25) is 0 Å². The van der Waals surface area contributed by atoms with E-state index in [2.05, 4.69) is 0 Å². The van der Waals surface area contributed by atoms with Gasteiger partial charge in [-0.05, 0) is 19.8 Å². The van der Waals surface area contributed by atoms with Crippen molar-refractivity contribution in [1.82, 2.24) is 4.90 Å². The number of esters is 1. The Morgan fingerprint density at radius 1 is 1.40 bits per heavy atom. The van der Waals surface area contributed by atoms with Crippen molar-refractivity contribution < 1.29 is 27.9 Å². The summed E-state index contributed by atoms with van der Waals surface area (Å²) >= 11 is 0. The van der Waals surface area contributed by atoms with Crippen molar-refractivity contribution in [3.05, 3.63) is 11.3 Å². The molecule has 7 nitrogen and oxygen atoms in total. The molecule has 2 rings (SSSR count). The van der Waals surface area contributed by atoms with Gasteiger partial charge in [-0.2, -0.15) is 0 Å². The van der Waals surface area contributed by atoms with E-state index >= 15 is 0 Å². The Labute approximate surface area is 117 Å². The van der Waals surface area contributed by atoms with Gasteiger partial charge < -0.3 is 14.7 Å². The lowest BCUT2D eigenvalue weighted by molar-refractivity contribution is -0.138. The maximum atomic E-state index is 11.9. The van der Waals surface area contributed by atoms with Gasteiger partial charge in [0.15, 0.2) is 5.76 Å². The second-order valence-corrected chi connectivity index (χ2v) is 7.17. The third-order valence-corrected chi connectivity index (χ3v) is 5.28. The van der Waals surface area contributed by atoms with Crippen LogP contribution in [-0.4, -0.2) is 61.0 Å². The van der Waals surface area contributed by atoms with Crippen molar-refractivity contribution in [3.8, 4) is 0 Å². The number of hydrogen-bond donors (Lipinski definition) is 1. The zero-order valence-corrected chi connectivity index (χ0v) is 12.0. The Hall–Kier alpha value is -1.57. The number of ether oxygens (including phenoxy) is 1. The lowest BCUT2D eigenvalue weighted by atomic mass is 10.1. The maximum Gasteiger partial charge on any atom is 0.339 e. The molecule has 1 N–H and O–H groups in total. The molecule has 0 atom stereocenters. The average molecular weight is 303 g/mol. The van der Waals surface area contributed by atoms with Crippen LogP contribution in [0, 0.1) is 0 Å². The van der Waals surface area contributed by atoms with E-state index in [0.717, 1.165) is 0 Å². The van der Waals surface area contributed by atoms with Gasteiger partial charge in [-0.1, -0.05) is 0 Å². The van der Waals surface area contributed by atoms with E-state index in [1.165, 1.54) is 4.90 Å². The van der Waals surface area contributed by atoms with Crippen LogP contribution in [0.5, 0.6) is 0 Å². The van der Waals surface area contributed by atoms with Gasteiger partial charge in [-0.3, -0.25) is 4.79 Å². The van der Waals surface area contributed by atoms with Crippen molar-refractivity contribution in [2.24, 2.45) is 0 Å². The Morgan fingerprint density at radius 3 is 2.55 bits per heavy atom. The first-order chi connectivity index (χ1) is 9.35. The van der Waals surface area contributed by atoms with E-state index < -0.39 is 27.5 Å². The molecule has 1 fully saturated rings. The zero-order valence-electron chi connectivity index (χ0n) is 11.2. The summed E-state index contributed by atoms with van der Waals surface area (Å²) < 4.78 is 27.5. The van der Waals surface area contributed by atoms with Crippen molar-refractivity contribution >= 4 is 21.7 Å². The second kappa shape index (κ2) is 5.43. The smallest absolute Gasteiger partial charge is 0.339 e. The lowest BCUT2D eigenvalue weighted by Gasteiger charge is -2.30. The van der Waals surface area contributed by atoms with Crippen LogP contribution < -0.4 is 0 Å². The van der Waals surface area contributed by atoms with Crippen molar-refractivity contribution in [1.29, 1.82) is 0 Å². The van der Waals surface area contributed by atoms with E-state index in [-0.39, 0.29) is 36.3 Å². The van der Waals surface area contributed by atoms with Crippen LogP contribution in [0.25, 0.3) is 0 Å². The third kappa shape index (κ3) is 2.79. The van der Waals surface area contributed by atoms with Crippen LogP contribution in [0.15, 0.2) is 11.3 Å². The molecule has 112 valence electrons. The quantitative estimate of drug-likeness (QED) is 0.723. The molecule has 0 spiro atoms. The van der Waals surface area contributed by atoms with Gasteiger partial charge in [0.2, 0.25) is 0 Å². The molecule has 8 heteroatoms. The number of aliphatic hydroxyl groups is 1. The Bertz CT molecular complexity index is 550. The van der Waals surface area contributed by atoms with Gasteiger partial charge in [0.05, 0.1) is 24.7 Å². The van der Waals surface area contributed by atoms with Gasteiger partial charge in [0, 0.05) is 6.04 Å². The highest BCUT2D eigenvalue weighted by atomic mass is 32.2. The SMILES string of the molecule is CCOC(=O)C1=C(O)C(=O)N(C2CCS(=O)(=O)CC2)C1. The minimum absolute atomic E-state index is 0.0196. The van der Waals surface area contributed by atoms with Crippen LogP contribution >= 0.6 is 0 Å². The van der Waals surface area contributed by atoms with Crippen molar-refractivity contribution in [3.63, 3.8) is 0 Å². The summed E-state index contributed by atoms with van der Waals surface area (Å²) in [7, 11) is -3.02. The molecule has 0 aromatic carbocycles. The predicted molar refractivity (Wildman–Crippen MR) is 69.7 cm³/mol. The van der Waals surface area contributed by atoms with Crippen LogP contribution in [0.1, 0.15) is 19.8 Å². The summed E-state index contributed by atoms with van der Waals surface area (Å²) in [6.45, 7) is 1.77. The molecular weight excluding hydrogens is 286 g/mol. The topological polar surface area (TPSA) is 101 Å².